The van der Waals surface area contributed by atoms with E-state index in [2.05, 4.69) is 18.5 Å². The van der Waals surface area contributed by atoms with Crippen LogP contribution in [0.4, 0.5) is 0 Å². The van der Waals surface area contributed by atoms with E-state index in [1.807, 2.05) is 30.0 Å². The number of halogens is 1. The Morgan fingerprint density at radius 3 is 2.81 bits per heavy atom. The second-order valence-corrected chi connectivity index (χ2v) is 4.96. The van der Waals surface area contributed by atoms with Crippen LogP contribution in [0.2, 0.25) is 5.02 Å². The highest BCUT2D eigenvalue weighted by atomic mass is 35.5. The van der Waals surface area contributed by atoms with Crippen molar-refractivity contribution in [1.29, 1.82) is 0 Å². The summed E-state index contributed by atoms with van der Waals surface area (Å²) < 4.78 is 5.12. The third kappa shape index (κ3) is 3.89. The second kappa shape index (κ2) is 7.05. The number of thioether (sulfide) groups is 1. The minimum atomic E-state index is 0.315. The second-order valence-electron chi connectivity index (χ2n) is 3.56. The lowest BCUT2D eigenvalue weighted by atomic mass is 10.1. The predicted molar refractivity (Wildman–Crippen MR) is 72.8 cm³/mol. The molecule has 0 aliphatic carbocycles. The van der Waals surface area contributed by atoms with Crippen molar-refractivity contribution in [3.8, 4) is 5.75 Å². The monoisotopic (exact) mass is 259 g/mol. The summed E-state index contributed by atoms with van der Waals surface area (Å²) in [6, 6.07) is 6.22. The first-order valence-corrected chi connectivity index (χ1v) is 7.02. The average molecular weight is 260 g/mol. The van der Waals surface area contributed by atoms with Crippen molar-refractivity contribution in [3.63, 3.8) is 0 Å². The summed E-state index contributed by atoms with van der Waals surface area (Å²) in [5, 5.41) is 4.11. The fourth-order valence-electron chi connectivity index (χ4n) is 1.45. The lowest BCUT2D eigenvalue weighted by Crippen LogP contribution is -2.21. The molecule has 0 aliphatic rings. The normalized spacial score (nSPS) is 12.5. The van der Waals surface area contributed by atoms with Crippen LogP contribution in [0.1, 0.15) is 18.5 Å². The van der Waals surface area contributed by atoms with E-state index in [9.17, 15) is 0 Å². The molecule has 1 rings (SSSR count). The molecule has 1 unspecified atom stereocenters. The number of rotatable bonds is 6. The molecule has 0 aromatic heterocycles. The van der Waals surface area contributed by atoms with Crippen molar-refractivity contribution >= 4 is 23.4 Å². The maximum atomic E-state index is 6.08. The SMILES string of the molecule is COc1ccc(C(C)NCCSC)cc1Cl. The molecule has 0 bridgehead atoms. The lowest BCUT2D eigenvalue weighted by Gasteiger charge is -2.15. The molecule has 4 heteroatoms. The Hall–Kier alpha value is -0.380. The summed E-state index contributed by atoms with van der Waals surface area (Å²) in [5.41, 5.74) is 1.19. The van der Waals surface area contributed by atoms with Gasteiger partial charge in [-0.1, -0.05) is 17.7 Å². The maximum absolute atomic E-state index is 6.08. The summed E-state index contributed by atoms with van der Waals surface area (Å²) in [6.45, 7) is 3.14. The average Bonchev–Trinajstić information content (AvgIpc) is 2.29. The molecule has 0 saturated carbocycles. The van der Waals surface area contributed by atoms with E-state index in [4.69, 9.17) is 16.3 Å². The molecule has 1 atom stereocenters. The van der Waals surface area contributed by atoms with Gasteiger partial charge in [-0.3, -0.25) is 0 Å². The Kier molecular flexibility index (Phi) is 6.03. The van der Waals surface area contributed by atoms with Crippen LogP contribution in [0.25, 0.3) is 0 Å². The van der Waals surface area contributed by atoms with Gasteiger partial charge in [-0.25, -0.2) is 0 Å². The number of benzene rings is 1. The van der Waals surface area contributed by atoms with Gasteiger partial charge in [-0.05, 0) is 30.9 Å². The van der Waals surface area contributed by atoms with E-state index in [0.717, 1.165) is 18.0 Å². The highest BCUT2D eigenvalue weighted by Gasteiger charge is 2.07. The lowest BCUT2D eigenvalue weighted by molar-refractivity contribution is 0.414. The fourth-order valence-corrected chi connectivity index (χ4v) is 2.04. The van der Waals surface area contributed by atoms with E-state index in [1.165, 1.54) is 5.56 Å². The topological polar surface area (TPSA) is 21.3 Å². The minimum Gasteiger partial charge on any atom is -0.495 e. The molecule has 0 saturated heterocycles. The highest BCUT2D eigenvalue weighted by Crippen LogP contribution is 2.27. The van der Waals surface area contributed by atoms with Crippen LogP contribution in [-0.4, -0.2) is 25.7 Å². The Balaban J connectivity index is 2.62. The molecule has 0 fully saturated rings. The zero-order valence-corrected chi connectivity index (χ0v) is 11.5. The Bertz CT molecular complexity index is 333. The van der Waals surface area contributed by atoms with E-state index in [-0.39, 0.29) is 0 Å². The minimum absolute atomic E-state index is 0.315. The van der Waals surface area contributed by atoms with Crippen molar-refractivity contribution in [2.24, 2.45) is 0 Å². The zero-order valence-electron chi connectivity index (χ0n) is 9.92. The molecule has 1 N–H and O–H groups in total. The van der Waals surface area contributed by atoms with Gasteiger partial charge in [0.1, 0.15) is 5.75 Å². The van der Waals surface area contributed by atoms with Crippen LogP contribution in [0.15, 0.2) is 18.2 Å². The standard InChI is InChI=1S/C12H18ClNOS/c1-9(14-6-7-16-3)10-4-5-12(15-2)11(13)8-10/h4-5,8-9,14H,6-7H2,1-3H3. The van der Waals surface area contributed by atoms with Crippen LogP contribution < -0.4 is 10.1 Å². The van der Waals surface area contributed by atoms with Crippen molar-refractivity contribution in [2.75, 3.05) is 25.7 Å². The molecule has 0 amide bonds. The van der Waals surface area contributed by atoms with Crippen molar-refractivity contribution in [1.82, 2.24) is 5.32 Å². The van der Waals surface area contributed by atoms with Gasteiger partial charge in [0.25, 0.3) is 0 Å². The van der Waals surface area contributed by atoms with Gasteiger partial charge in [-0.15, -0.1) is 0 Å². The van der Waals surface area contributed by atoms with Crippen molar-refractivity contribution in [2.45, 2.75) is 13.0 Å². The first kappa shape index (κ1) is 13.7. The zero-order chi connectivity index (χ0) is 12.0. The molecule has 2 nitrogen and oxygen atoms in total. The number of hydrogen-bond donors (Lipinski definition) is 1. The maximum Gasteiger partial charge on any atom is 0.137 e. The Morgan fingerprint density at radius 1 is 1.50 bits per heavy atom. The fraction of sp³-hybridized carbons (Fsp3) is 0.500. The van der Waals surface area contributed by atoms with Crippen LogP contribution in [0.3, 0.4) is 0 Å². The summed E-state index contributed by atoms with van der Waals surface area (Å²) in [5.74, 6) is 1.84. The van der Waals surface area contributed by atoms with Crippen LogP contribution in [-0.2, 0) is 0 Å². The number of hydrogen-bond acceptors (Lipinski definition) is 3. The smallest absolute Gasteiger partial charge is 0.137 e. The first-order valence-electron chi connectivity index (χ1n) is 5.24. The highest BCUT2D eigenvalue weighted by molar-refractivity contribution is 7.98. The van der Waals surface area contributed by atoms with E-state index >= 15 is 0 Å². The summed E-state index contributed by atoms with van der Waals surface area (Å²) >= 11 is 7.92. The molecule has 90 valence electrons. The number of ether oxygens (including phenoxy) is 1. The Morgan fingerprint density at radius 2 is 2.25 bits per heavy atom. The van der Waals surface area contributed by atoms with Gasteiger partial charge in [0.15, 0.2) is 0 Å². The van der Waals surface area contributed by atoms with E-state index < -0.39 is 0 Å². The van der Waals surface area contributed by atoms with E-state index in [0.29, 0.717) is 11.1 Å². The molecule has 16 heavy (non-hydrogen) atoms. The van der Waals surface area contributed by atoms with Crippen molar-refractivity contribution in [3.05, 3.63) is 28.8 Å². The molecule has 0 aliphatic heterocycles. The molecular formula is C12H18ClNOS. The van der Waals surface area contributed by atoms with Gasteiger partial charge in [0.05, 0.1) is 12.1 Å². The van der Waals surface area contributed by atoms with Crippen LogP contribution in [0, 0.1) is 0 Å². The third-order valence-corrected chi connectivity index (χ3v) is 3.34. The largest absolute Gasteiger partial charge is 0.495 e. The molecule has 1 aromatic rings. The van der Waals surface area contributed by atoms with Gasteiger partial charge < -0.3 is 10.1 Å². The summed E-state index contributed by atoms with van der Waals surface area (Å²) in [4.78, 5) is 0. The van der Waals surface area contributed by atoms with Gasteiger partial charge in [0, 0.05) is 18.3 Å². The summed E-state index contributed by atoms with van der Waals surface area (Å²) in [7, 11) is 1.63. The van der Waals surface area contributed by atoms with Gasteiger partial charge in [0.2, 0.25) is 0 Å². The molecule has 0 heterocycles. The molecule has 1 aromatic carbocycles. The van der Waals surface area contributed by atoms with E-state index in [1.54, 1.807) is 7.11 Å². The van der Waals surface area contributed by atoms with Gasteiger partial charge in [-0.2, -0.15) is 11.8 Å². The van der Waals surface area contributed by atoms with Crippen LogP contribution >= 0.6 is 23.4 Å². The third-order valence-electron chi connectivity index (χ3n) is 2.43. The van der Waals surface area contributed by atoms with Crippen molar-refractivity contribution < 1.29 is 4.74 Å². The Labute approximate surface area is 107 Å². The molecule has 0 radical (unpaired) electrons. The molecule has 0 spiro atoms. The van der Waals surface area contributed by atoms with Gasteiger partial charge >= 0.3 is 0 Å². The summed E-state index contributed by atoms with van der Waals surface area (Å²) in [6.07, 6.45) is 2.11. The van der Waals surface area contributed by atoms with Crippen LogP contribution in [0.5, 0.6) is 5.75 Å². The first-order chi connectivity index (χ1) is 7.69. The number of methoxy groups -OCH3 is 1. The quantitative estimate of drug-likeness (QED) is 0.792. The number of nitrogens with one attached hydrogen (secondary N) is 1. The predicted octanol–water partition coefficient (Wildman–Crippen LogP) is 3.36. The molecular weight excluding hydrogens is 242 g/mol.